The molecule has 0 unspecified atom stereocenters. The van der Waals surface area contributed by atoms with Gasteiger partial charge >= 0.3 is 0 Å². The van der Waals surface area contributed by atoms with Gasteiger partial charge in [-0.15, -0.1) is 24.2 Å². The summed E-state index contributed by atoms with van der Waals surface area (Å²) in [7, 11) is 0. The number of thioether (sulfide) groups is 1. The molecule has 0 saturated carbocycles. The van der Waals surface area contributed by atoms with Crippen molar-refractivity contribution >= 4 is 40.8 Å². The number of aryl methyl sites for hydroxylation is 1. The fourth-order valence-corrected chi connectivity index (χ4v) is 3.94. The summed E-state index contributed by atoms with van der Waals surface area (Å²) in [6.07, 6.45) is 2.39. The number of hydrogen-bond acceptors (Lipinski definition) is 3. The largest absolute Gasteiger partial charge is 0.506 e. The Morgan fingerprint density at radius 2 is 1.96 bits per heavy atom. The van der Waals surface area contributed by atoms with Crippen LogP contribution in [0.3, 0.4) is 0 Å². The molecule has 0 spiro atoms. The van der Waals surface area contributed by atoms with Crippen LogP contribution in [-0.2, 0) is 0 Å². The maximum absolute atomic E-state index is 9.67. The molecular weight excluding hydrogens is 340 g/mol. The topological polar surface area (TPSA) is 62.0 Å². The number of unbranched alkanes of at least 4 members (excludes halogenated alkanes) is 1. The van der Waals surface area contributed by atoms with Crippen LogP contribution in [0.5, 0.6) is 5.75 Å². The number of fused-ring (bicyclic) bond motifs is 1. The van der Waals surface area contributed by atoms with Gasteiger partial charge in [0.15, 0.2) is 0 Å². The quantitative estimate of drug-likeness (QED) is 0.234. The van der Waals surface area contributed by atoms with Gasteiger partial charge in [-0.1, -0.05) is 25.0 Å². The first kappa shape index (κ1) is 18.6. The molecular formula is C19H23ClN2OS. The average Bonchev–Trinajstić information content (AvgIpc) is 2.88. The van der Waals surface area contributed by atoms with Gasteiger partial charge in [0, 0.05) is 21.4 Å². The molecule has 0 aliphatic carbocycles. The zero-order chi connectivity index (χ0) is 16.4. The number of nitrogen functional groups attached to an aromatic ring is 1. The van der Waals surface area contributed by atoms with Crippen LogP contribution in [-0.4, -0.2) is 15.8 Å². The highest BCUT2D eigenvalue weighted by molar-refractivity contribution is 7.99. The van der Waals surface area contributed by atoms with Crippen molar-refractivity contribution in [3.63, 3.8) is 0 Å². The first-order valence-corrected chi connectivity index (χ1v) is 8.92. The molecule has 5 heteroatoms. The third kappa shape index (κ3) is 3.65. The third-order valence-electron chi connectivity index (χ3n) is 3.97. The summed E-state index contributed by atoms with van der Waals surface area (Å²) in [6.45, 7) is 4.33. The van der Waals surface area contributed by atoms with Crippen molar-refractivity contribution in [2.24, 2.45) is 0 Å². The predicted octanol–water partition coefficient (Wildman–Crippen LogP) is 5.75. The van der Waals surface area contributed by atoms with Gasteiger partial charge in [-0.05, 0) is 49.4 Å². The Bertz CT molecular complexity index is 845. The minimum atomic E-state index is 0. The van der Waals surface area contributed by atoms with E-state index in [1.54, 1.807) is 6.07 Å². The zero-order valence-corrected chi connectivity index (χ0v) is 15.6. The first-order chi connectivity index (χ1) is 11.1. The van der Waals surface area contributed by atoms with Crippen molar-refractivity contribution in [2.75, 3.05) is 11.5 Å². The highest BCUT2D eigenvalue weighted by atomic mass is 35.5. The second kappa shape index (κ2) is 7.86. The van der Waals surface area contributed by atoms with Crippen LogP contribution in [0.2, 0.25) is 0 Å². The molecule has 0 fully saturated rings. The molecule has 0 amide bonds. The number of nitrogens with two attached hydrogens (primary N) is 1. The van der Waals surface area contributed by atoms with E-state index in [1.807, 2.05) is 23.9 Å². The van der Waals surface area contributed by atoms with Crippen LogP contribution >= 0.6 is 24.2 Å². The van der Waals surface area contributed by atoms with E-state index in [0.29, 0.717) is 5.69 Å². The Morgan fingerprint density at radius 3 is 2.67 bits per heavy atom. The molecule has 3 nitrogen and oxygen atoms in total. The van der Waals surface area contributed by atoms with Crippen molar-refractivity contribution in [2.45, 2.75) is 31.6 Å². The molecule has 3 rings (SSSR count). The number of halogens is 1. The first-order valence-electron chi connectivity index (χ1n) is 7.94. The lowest BCUT2D eigenvalue weighted by molar-refractivity contribution is 0.478. The molecule has 1 aromatic heterocycles. The number of nitrogens with one attached hydrogen (secondary N) is 1. The molecule has 4 N–H and O–H groups in total. The number of aromatic amines is 1. The maximum Gasteiger partial charge on any atom is 0.138 e. The van der Waals surface area contributed by atoms with E-state index >= 15 is 0 Å². The van der Waals surface area contributed by atoms with Gasteiger partial charge in [0.05, 0.1) is 11.4 Å². The van der Waals surface area contributed by atoms with E-state index in [1.165, 1.54) is 28.7 Å². The van der Waals surface area contributed by atoms with Crippen LogP contribution in [0.15, 0.2) is 41.3 Å². The van der Waals surface area contributed by atoms with E-state index < -0.39 is 0 Å². The van der Waals surface area contributed by atoms with Crippen LogP contribution in [0.25, 0.3) is 22.2 Å². The maximum atomic E-state index is 9.67. The van der Waals surface area contributed by atoms with Gasteiger partial charge in [0.1, 0.15) is 5.75 Å². The minimum absolute atomic E-state index is 0. The molecule has 0 bridgehead atoms. The molecule has 0 radical (unpaired) electrons. The lowest BCUT2D eigenvalue weighted by Gasteiger charge is -2.07. The standard InChI is InChI=1S/C19H22N2OS.ClH/c1-3-4-9-23-19-14-10-12(2)5-7-16(14)21-18(19)13-6-8-17(22)15(20)11-13;/h5-8,10-11,21-22H,3-4,9,20H2,1-2H3;1H. The highest BCUT2D eigenvalue weighted by Gasteiger charge is 2.14. The van der Waals surface area contributed by atoms with Crippen LogP contribution in [0.1, 0.15) is 25.3 Å². The van der Waals surface area contributed by atoms with Crippen molar-refractivity contribution in [3.05, 3.63) is 42.0 Å². The molecule has 128 valence electrons. The second-order valence-electron chi connectivity index (χ2n) is 5.85. The lowest BCUT2D eigenvalue weighted by atomic mass is 10.1. The Kier molecular flexibility index (Phi) is 6.08. The highest BCUT2D eigenvalue weighted by Crippen LogP contribution is 2.39. The number of aromatic nitrogens is 1. The summed E-state index contributed by atoms with van der Waals surface area (Å²) < 4.78 is 0. The fraction of sp³-hybridized carbons (Fsp3) is 0.263. The molecule has 0 atom stereocenters. The second-order valence-corrected chi connectivity index (χ2v) is 6.96. The summed E-state index contributed by atoms with van der Waals surface area (Å²) in [4.78, 5) is 4.79. The fourth-order valence-electron chi connectivity index (χ4n) is 2.66. The summed E-state index contributed by atoms with van der Waals surface area (Å²) in [5.74, 6) is 1.22. The van der Waals surface area contributed by atoms with Gasteiger partial charge in [0.2, 0.25) is 0 Å². The van der Waals surface area contributed by atoms with Gasteiger partial charge in [-0.2, -0.15) is 0 Å². The number of aromatic hydroxyl groups is 1. The Labute approximate surface area is 153 Å². The van der Waals surface area contributed by atoms with E-state index in [-0.39, 0.29) is 18.2 Å². The van der Waals surface area contributed by atoms with Crippen molar-refractivity contribution in [1.82, 2.24) is 4.98 Å². The zero-order valence-electron chi connectivity index (χ0n) is 13.9. The Hall–Kier alpha value is -1.78. The summed E-state index contributed by atoms with van der Waals surface area (Å²) >= 11 is 1.89. The van der Waals surface area contributed by atoms with E-state index in [2.05, 4.69) is 37.0 Å². The van der Waals surface area contributed by atoms with Gasteiger partial charge in [-0.3, -0.25) is 0 Å². The van der Waals surface area contributed by atoms with Gasteiger partial charge in [0.25, 0.3) is 0 Å². The van der Waals surface area contributed by atoms with Crippen LogP contribution < -0.4 is 5.73 Å². The number of benzene rings is 2. The summed E-state index contributed by atoms with van der Waals surface area (Å²) in [5, 5.41) is 10.9. The number of phenols is 1. The van der Waals surface area contributed by atoms with E-state index in [0.717, 1.165) is 22.5 Å². The molecule has 0 aliphatic rings. The van der Waals surface area contributed by atoms with Crippen molar-refractivity contribution in [1.29, 1.82) is 0 Å². The van der Waals surface area contributed by atoms with Crippen molar-refractivity contribution in [3.8, 4) is 17.0 Å². The Morgan fingerprint density at radius 1 is 1.17 bits per heavy atom. The van der Waals surface area contributed by atoms with E-state index in [4.69, 9.17) is 5.73 Å². The number of H-pyrrole nitrogens is 1. The van der Waals surface area contributed by atoms with E-state index in [9.17, 15) is 5.11 Å². The molecule has 0 aliphatic heterocycles. The molecule has 2 aromatic carbocycles. The lowest BCUT2D eigenvalue weighted by Crippen LogP contribution is -1.88. The van der Waals surface area contributed by atoms with Crippen molar-refractivity contribution < 1.29 is 5.11 Å². The summed E-state index contributed by atoms with van der Waals surface area (Å²) in [6, 6.07) is 11.9. The van der Waals surface area contributed by atoms with Gasteiger partial charge < -0.3 is 15.8 Å². The molecule has 24 heavy (non-hydrogen) atoms. The average molecular weight is 363 g/mol. The number of phenolic OH excluding ortho intramolecular Hbond substituents is 1. The summed E-state index contributed by atoms with van der Waals surface area (Å²) in [5.41, 5.74) is 10.8. The normalized spacial score (nSPS) is 10.8. The monoisotopic (exact) mass is 362 g/mol. The SMILES string of the molecule is CCCCSc1c(-c2ccc(O)c(N)c2)[nH]c2ccc(C)cc12.Cl. The number of anilines is 1. The third-order valence-corrected chi connectivity index (χ3v) is 5.17. The number of hydrogen-bond donors (Lipinski definition) is 3. The molecule has 1 heterocycles. The minimum Gasteiger partial charge on any atom is -0.506 e. The Balaban J connectivity index is 0.00000208. The van der Waals surface area contributed by atoms with Gasteiger partial charge in [-0.25, -0.2) is 0 Å². The predicted molar refractivity (Wildman–Crippen MR) is 107 cm³/mol. The van der Waals surface area contributed by atoms with Crippen LogP contribution in [0, 0.1) is 6.92 Å². The molecule has 3 aromatic rings. The molecule has 0 saturated heterocycles. The number of rotatable bonds is 5. The van der Waals surface area contributed by atoms with Crippen LogP contribution in [0.4, 0.5) is 5.69 Å². The smallest absolute Gasteiger partial charge is 0.138 e.